The Bertz CT molecular complexity index is 368. The zero-order chi connectivity index (χ0) is 16.9. The molecular weight excluding hydrogens is 296 g/mol. The van der Waals surface area contributed by atoms with Crippen molar-refractivity contribution in [3.8, 4) is 0 Å². The predicted molar refractivity (Wildman–Crippen MR) is 90.6 cm³/mol. The van der Waals surface area contributed by atoms with Gasteiger partial charge in [-0.2, -0.15) is 0 Å². The van der Waals surface area contributed by atoms with Gasteiger partial charge in [0.15, 0.2) is 0 Å². The zero-order valence-electron chi connectivity index (χ0n) is 13.7. The molecule has 0 N–H and O–H groups in total. The first-order valence-electron chi connectivity index (χ1n) is 7.76. The molecule has 5 heteroatoms. The van der Waals surface area contributed by atoms with E-state index in [4.69, 9.17) is 23.7 Å². The summed E-state index contributed by atoms with van der Waals surface area (Å²) < 4.78 is 28.9. The van der Waals surface area contributed by atoms with Crippen LogP contribution >= 0.6 is 0 Å². The molecule has 0 aromatic carbocycles. The van der Waals surface area contributed by atoms with E-state index in [1.807, 2.05) is 0 Å². The summed E-state index contributed by atoms with van der Waals surface area (Å²) >= 11 is 0. The minimum Gasteiger partial charge on any atom is -0.375 e. The van der Waals surface area contributed by atoms with Gasteiger partial charge < -0.3 is 23.7 Å². The van der Waals surface area contributed by atoms with Gasteiger partial charge in [-0.05, 0) is 0 Å². The molecule has 0 saturated carbocycles. The summed E-state index contributed by atoms with van der Waals surface area (Å²) in [5, 5.41) is 0. The van der Waals surface area contributed by atoms with E-state index in [0.29, 0.717) is 39.6 Å². The Kier molecular flexibility index (Phi) is 10.5. The zero-order valence-corrected chi connectivity index (χ0v) is 13.7. The molecule has 1 rings (SSSR count). The third-order valence-corrected chi connectivity index (χ3v) is 3.29. The molecule has 1 fully saturated rings. The van der Waals surface area contributed by atoms with Crippen molar-refractivity contribution in [2.75, 3.05) is 39.6 Å². The van der Waals surface area contributed by atoms with Gasteiger partial charge in [0.1, 0.15) is 24.4 Å². The van der Waals surface area contributed by atoms with Crippen LogP contribution < -0.4 is 0 Å². The van der Waals surface area contributed by atoms with E-state index < -0.39 is 0 Å². The molecule has 0 aromatic heterocycles. The minimum atomic E-state index is -0.318. The summed E-state index contributed by atoms with van der Waals surface area (Å²) in [5.41, 5.74) is 0. The molecule has 1 saturated heterocycles. The van der Waals surface area contributed by atoms with Gasteiger partial charge in [0.05, 0.1) is 39.6 Å². The second-order valence-electron chi connectivity index (χ2n) is 5.03. The molecule has 0 spiro atoms. The van der Waals surface area contributed by atoms with Crippen LogP contribution in [0, 0.1) is 0 Å². The van der Waals surface area contributed by atoms with Crippen LogP contribution in [0.1, 0.15) is 0 Å². The summed E-state index contributed by atoms with van der Waals surface area (Å²) in [7, 11) is 0. The van der Waals surface area contributed by atoms with Crippen LogP contribution in [0.4, 0.5) is 0 Å². The van der Waals surface area contributed by atoms with Gasteiger partial charge in [-0.15, -0.1) is 26.3 Å². The monoisotopic (exact) mass is 324 g/mol. The lowest BCUT2D eigenvalue weighted by Crippen LogP contribution is -2.57. The quantitative estimate of drug-likeness (QED) is 0.384. The van der Waals surface area contributed by atoms with E-state index in [0.717, 1.165) is 0 Å². The summed E-state index contributed by atoms with van der Waals surface area (Å²) in [4.78, 5) is 0. The van der Waals surface area contributed by atoms with E-state index in [-0.39, 0.29) is 24.4 Å². The third kappa shape index (κ3) is 6.81. The number of hydrogen-bond acceptors (Lipinski definition) is 5. The highest BCUT2D eigenvalue weighted by molar-refractivity contribution is 4.92. The van der Waals surface area contributed by atoms with Crippen molar-refractivity contribution in [3.05, 3.63) is 50.6 Å². The maximum absolute atomic E-state index is 5.90. The Balaban J connectivity index is 2.79. The maximum atomic E-state index is 5.90. The summed E-state index contributed by atoms with van der Waals surface area (Å²) in [5.74, 6) is 0. The van der Waals surface area contributed by atoms with Crippen molar-refractivity contribution in [1.82, 2.24) is 0 Å². The van der Waals surface area contributed by atoms with Gasteiger partial charge in [-0.1, -0.05) is 24.3 Å². The first kappa shape index (κ1) is 19.8. The van der Waals surface area contributed by atoms with Crippen LogP contribution in [-0.4, -0.2) is 64.1 Å². The average Bonchev–Trinajstić information content (AvgIpc) is 2.57. The largest absolute Gasteiger partial charge is 0.375 e. The topological polar surface area (TPSA) is 46.2 Å². The summed E-state index contributed by atoms with van der Waals surface area (Å²) in [6, 6.07) is 0. The SMILES string of the molecule is C=CCOC[C@H]1OC[C@H](OCC=C)[C@@H](OCC=C)[C@@H]1OCC=C. The van der Waals surface area contributed by atoms with Crippen LogP contribution in [0.2, 0.25) is 0 Å². The maximum Gasteiger partial charge on any atom is 0.115 e. The average molecular weight is 324 g/mol. The van der Waals surface area contributed by atoms with E-state index >= 15 is 0 Å². The van der Waals surface area contributed by atoms with E-state index in [1.54, 1.807) is 24.3 Å². The van der Waals surface area contributed by atoms with Crippen molar-refractivity contribution < 1.29 is 23.7 Å². The Hall–Kier alpha value is -1.24. The van der Waals surface area contributed by atoms with E-state index in [2.05, 4.69) is 26.3 Å². The molecule has 5 nitrogen and oxygen atoms in total. The highest BCUT2D eigenvalue weighted by Gasteiger charge is 2.42. The van der Waals surface area contributed by atoms with Crippen LogP contribution in [0.5, 0.6) is 0 Å². The number of hydrogen-bond donors (Lipinski definition) is 0. The molecule has 0 radical (unpaired) electrons. The molecule has 0 aromatic rings. The predicted octanol–water partition coefficient (Wildman–Crippen LogP) is 2.30. The van der Waals surface area contributed by atoms with Crippen LogP contribution in [0.3, 0.4) is 0 Å². The molecule has 0 aliphatic carbocycles. The van der Waals surface area contributed by atoms with E-state index in [1.165, 1.54) is 0 Å². The summed E-state index contributed by atoms with van der Waals surface area (Å²) in [6.45, 7) is 17.2. The molecule has 4 atom stereocenters. The highest BCUT2D eigenvalue weighted by atomic mass is 16.6. The van der Waals surface area contributed by atoms with Crippen LogP contribution in [0.25, 0.3) is 0 Å². The highest BCUT2D eigenvalue weighted by Crippen LogP contribution is 2.24. The fourth-order valence-electron chi connectivity index (χ4n) is 2.34. The second-order valence-corrected chi connectivity index (χ2v) is 5.03. The van der Waals surface area contributed by atoms with Crippen molar-refractivity contribution >= 4 is 0 Å². The lowest BCUT2D eigenvalue weighted by molar-refractivity contribution is -0.231. The van der Waals surface area contributed by atoms with Crippen molar-refractivity contribution in [3.63, 3.8) is 0 Å². The molecule has 1 aliphatic heterocycles. The Morgan fingerprint density at radius 3 is 1.96 bits per heavy atom. The normalized spacial score (nSPS) is 27.3. The molecule has 130 valence electrons. The van der Waals surface area contributed by atoms with Gasteiger partial charge >= 0.3 is 0 Å². The van der Waals surface area contributed by atoms with Crippen molar-refractivity contribution in [1.29, 1.82) is 0 Å². The molecule has 1 heterocycles. The van der Waals surface area contributed by atoms with Gasteiger partial charge in [0.25, 0.3) is 0 Å². The third-order valence-electron chi connectivity index (χ3n) is 3.29. The molecule has 23 heavy (non-hydrogen) atoms. The molecule has 1 aliphatic rings. The fourth-order valence-corrected chi connectivity index (χ4v) is 2.34. The first-order chi connectivity index (χ1) is 11.3. The standard InChI is InChI=1S/C18H28O5/c1-5-9-19-13-15-17(21-11-7-3)18(22-12-8-4)16(14-23-15)20-10-6-2/h5-8,15-18H,1-4,9-14H2/t15-,16+,17-,18-/m1/s1. The number of rotatable bonds is 13. The van der Waals surface area contributed by atoms with Crippen molar-refractivity contribution in [2.45, 2.75) is 24.4 Å². The Morgan fingerprint density at radius 1 is 0.783 bits per heavy atom. The lowest BCUT2D eigenvalue weighted by atomic mass is 9.99. The molecule has 0 amide bonds. The van der Waals surface area contributed by atoms with Gasteiger partial charge in [-0.3, -0.25) is 0 Å². The Morgan fingerprint density at radius 2 is 1.35 bits per heavy atom. The minimum absolute atomic E-state index is 0.238. The Labute approximate surface area is 139 Å². The first-order valence-corrected chi connectivity index (χ1v) is 7.76. The number of ether oxygens (including phenoxy) is 5. The fraction of sp³-hybridized carbons (Fsp3) is 0.556. The smallest absolute Gasteiger partial charge is 0.115 e. The van der Waals surface area contributed by atoms with E-state index in [9.17, 15) is 0 Å². The summed E-state index contributed by atoms with van der Waals surface area (Å²) in [6.07, 6.45) is 5.72. The van der Waals surface area contributed by atoms with Crippen molar-refractivity contribution in [2.24, 2.45) is 0 Å². The molecular formula is C18H28O5. The molecule has 0 unspecified atom stereocenters. The second kappa shape index (κ2) is 12.2. The van der Waals surface area contributed by atoms with Gasteiger partial charge in [-0.25, -0.2) is 0 Å². The molecule has 0 bridgehead atoms. The lowest BCUT2D eigenvalue weighted by Gasteiger charge is -2.41. The van der Waals surface area contributed by atoms with Gasteiger partial charge in [0, 0.05) is 0 Å². The van der Waals surface area contributed by atoms with Crippen LogP contribution in [0.15, 0.2) is 50.6 Å². The van der Waals surface area contributed by atoms with Crippen LogP contribution in [-0.2, 0) is 23.7 Å². The van der Waals surface area contributed by atoms with Gasteiger partial charge in [0.2, 0.25) is 0 Å².